The first-order valence-electron chi connectivity index (χ1n) is 6.05. The molecule has 96 valence electrons. The van der Waals surface area contributed by atoms with Gasteiger partial charge in [-0.15, -0.1) is 11.3 Å². The lowest BCUT2D eigenvalue weighted by Crippen LogP contribution is -2.43. The van der Waals surface area contributed by atoms with Crippen molar-refractivity contribution in [3.63, 3.8) is 0 Å². The number of anilines is 1. The first kappa shape index (κ1) is 11.8. The van der Waals surface area contributed by atoms with Crippen LogP contribution in [0.25, 0.3) is 10.2 Å². The summed E-state index contributed by atoms with van der Waals surface area (Å²) in [6.07, 6.45) is 1.84. The molecule has 0 amide bonds. The third-order valence-corrected chi connectivity index (χ3v) is 3.92. The minimum absolute atomic E-state index is 0.229. The number of hydrogen-bond acceptors (Lipinski definition) is 6. The lowest BCUT2D eigenvalue weighted by Gasteiger charge is -2.30. The molecule has 0 aliphatic carbocycles. The van der Waals surface area contributed by atoms with E-state index in [2.05, 4.69) is 33.3 Å². The average molecular weight is 264 g/mol. The van der Waals surface area contributed by atoms with Gasteiger partial charge in [0.2, 0.25) is 0 Å². The predicted octanol–water partition coefficient (Wildman–Crippen LogP) is 1.43. The van der Waals surface area contributed by atoms with Crippen LogP contribution in [-0.2, 0) is 4.74 Å². The Morgan fingerprint density at radius 1 is 1.56 bits per heavy atom. The Labute approximate surface area is 110 Å². The number of morpholine rings is 1. The highest BCUT2D eigenvalue weighted by molar-refractivity contribution is 7.16. The fourth-order valence-electron chi connectivity index (χ4n) is 2.13. The molecule has 0 aromatic carbocycles. The minimum Gasteiger partial charge on any atom is -0.374 e. The van der Waals surface area contributed by atoms with Crippen LogP contribution in [0.1, 0.15) is 0 Å². The van der Waals surface area contributed by atoms with Crippen molar-refractivity contribution in [3.05, 3.63) is 17.8 Å². The standard InChI is InChI=1S/C12H16N4OS/c1-16-3-4-17-9(7-16)6-13-11-10-2-5-18-12(10)15-8-14-11/h2,5,8-9H,3-4,6-7H2,1H3,(H,13,14,15)/t9-/m1/s1. The third kappa shape index (κ3) is 2.45. The largest absolute Gasteiger partial charge is 0.374 e. The van der Waals surface area contributed by atoms with Crippen LogP contribution in [0, 0.1) is 0 Å². The predicted molar refractivity (Wildman–Crippen MR) is 73.1 cm³/mol. The van der Waals surface area contributed by atoms with E-state index < -0.39 is 0 Å². The van der Waals surface area contributed by atoms with E-state index >= 15 is 0 Å². The number of nitrogens with one attached hydrogen (secondary N) is 1. The molecule has 1 fully saturated rings. The summed E-state index contributed by atoms with van der Waals surface area (Å²) in [5, 5.41) is 6.49. The summed E-state index contributed by atoms with van der Waals surface area (Å²) in [7, 11) is 2.12. The second-order valence-corrected chi connectivity index (χ2v) is 5.39. The highest BCUT2D eigenvalue weighted by Crippen LogP contribution is 2.23. The number of rotatable bonds is 3. The van der Waals surface area contributed by atoms with Gasteiger partial charge in [-0.05, 0) is 18.5 Å². The van der Waals surface area contributed by atoms with Crippen molar-refractivity contribution in [1.29, 1.82) is 0 Å². The van der Waals surface area contributed by atoms with Crippen LogP contribution < -0.4 is 5.32 Å². The van der Waals surface area contributed by atoms with Crippen molar-refractivity contribution in [2.45, 2.75) is 6.10 Å². The van der Waals surface area contributed by atoms with Gasteiger partial charge >= 0.3 is 0 Å². The Hall–Kier alpha value is -1.24. The van der Waals surface area contributed by atoms with Gasteiger partial charge < -0.3 is 15.0 Å². The number of fused-ring (bicyclic) bond motifs is 1. The summed E-state index contributed by atoms with van der Waals surface area (Å²) in [6.45, 7) is 3.57. The Bertz CT molecular complexity index is 530. The van der Waals surface area contributed by atoms with Crippen LogP contribution in [0.15, 0.2) is 17.8 Å². The molecule has 2 aromatic heterocycles. The molecular formula is C12H16N4OS. The average Bonchev–Trinajstić information content (AvgIpc) is 2.85. The Morgan fingerprint density at radius 3 is 3.39 bits per heavy atom. The van der Waals surface area contributed by atoms with Crippen molar-refractivity contribution >= 4 is 27.4 Å². The molecule has 3 rings (SSSR count). The van der Waals surface area contributed by atoms with E-state index in [-0.39, 0.29) is 6.10 Å². The van der Waals surface area contributed by atoms with Crippen LogP contribution in [-0.4, -0.2) is 54.3 Å². The Balaban J connectivity index is 1.67. The summed E-state index contributed by atoms with van der Waals surface area (Å²) in [4.78, 5) is 11.8. The van der Waals surface area contributed by atoms with Crippen molar-refractivity contribution in [2.75, 3.05) is 38.6 Å². The molecule has 1 aliphatic rings. The first-order chi connectivity index (χ1) is 8.83. The smallest absolute Gasteiger partial charge is 0.138 e. The van der Waals surface area contributed by atoms with Gasteiger partial charge in [0, 0.05) is 19.6 Å². The van der Waals surface area contributed by atoms with Crippen molar-refractivity contribution < 1.29 is 4.74 Å². The van der Waals surface area contributed by atoms with E-state index in [1.165, 1.54) is 0 Å². The number of thiophene rings is 1. The van der Waals surface area contributed by atoms with Crippen LogP contribution in [0.2, 0.25) is 0 Å². The normalized spacial score (nSPS) is 21.3. The highest BCUT2D eigenvalue weighted by atomic mass is 32.1. The second kappa shape index (κ2) is 5.17. The molecule has 2 aromatic rings. The monoisotopic (exact) mass is 264 g/mol. The van der Waals surface area contributed by atoms with Crippen molar-refractivity contribution in [3.8, 4) is 0 Å². The number of nitrogens with zero attached hydrogens (tertiary/aromatic N) is 3. The van der Waals surface area contributed by atoms with Crippen LogP contribution in [0.5, 0.6) is 0 Å². The van der Waals surface area contributed by atoms with Crippen molar-refractivity contribution in [1.82, 2.24) is 14.9 Å². The fourth-order valence-corrected chi connectivity index (χ4v) is 2.86. The van der Waals surface area contributed by atoms with E-state index in [9.17, 15) is 0 Å². The van der Waals surface area contributed by atoms with Gasteiger partial charge in [0.1, 0.15) is 17.0 Å². The zero-order valence-corrected chi connectivity index (χ0v) is 11.1. The zero-order chi connectivity index (χ0) is 12.4. The summed E-state index contributed by atoms with van der Waals surface area (Å²) < 4.78 is 5.72. The summed E-state index contributed by atoms with van der Waals surface area (Å²) >= 11 is 1.63. The molecule has 1 N–H and O–H groups in total. The molecule has 3 heterocycles. The molecule has 0 unspecified atom stereocenters. The number of hydrogen-bond donors (Lipinski definition) is 1. The topological polar surface area (TPSA) is 50.3 Å². The van der Waals surface area contributed by atoms with Gasteiger partial charge in [-0.2, -0.15) is 0 Å². The van der Waals surface area contributed by atoms with Crippen LogP contribution in [0.3, 0.4) is 0 Å². The molecule has 0 radical (unpaired) electrons. The Kier molecular flexibility index (Phi) is 3.40. The van der Waals surface area contributed by atoms with Crippen molar-refractivity contribution in [2.24, 2.45) is 0 Å². The molecule has 1 aliphatic heterocycles. The first-order valence-corrected chi connectivity index (χ1v) is 6.93. The van der Waals surface area contributed by atoms with E-state index in [1.54, 1.807) is 17.7 Å². The van der Waals surface area contributed by atoms with Gasteiger partial charge in [-0.3, -0.25) is 0 Å². The highest BCUT2D eigenvalue weighted by Gasteiger charge is 2.17. The lowest BCUT2D eigenvalue weighted by atomic mass is 10.2. The number of aromatic nitrogens is 2. The minimum atomic E-state index is 0.229. The zero-order valence-electron chi connectivity index (χ0n) is 10.3. The van der Waals surface area contributed by atoms with E-state index in [4.69, 9.17) is 4.74 Å². The Morgan fingerprint density at radius 2 is 2.50 bits per heavy atom. The molecule has 0 spiro atoms. The van der Waals surface area contributed by atoms with Crippen LogP contribution >= 0.6 is 11.3 Å². The molecule has 6 heteroatoms. The summed E-state index contributed by atoms with van der Waals surface area (Å²) in [5.74, 6) is 0.901. The van der Waals surface area contributed by atoms with Gasteiger partial charge in [-0.1, -0.05) is 0 Å². The van der Waals surface area contributed by atoms with Gasteiger partial charge in [0.05, 0.1) is 18.1 Å². The molecular weight excluding hydrogens is 248 g/mol. The van der Waals surface area contributed by atoms with E-state index in [0.29, 0.717) is 0 Å². The van der Waals surface area contributed by atoms with Crippen LogP contribution in [0.4, 0.5) is 5.82 Å². The van der Waals surface area contributed by atoms with Gasteiger partial charge in [-0.25, -0.2) is 9.97 Å². The summed E-state index contributed by atoms with van der Waals surface area (Å²) in [5.41, 5.74) is 0. The number of ether oxygens (including phenoxy) is 1. The number of likely N-dealkylation sites (N-methyl/N-ethyl adjacent to an activating group) is 1. The molecule has 18 heavy (non-hydrogen) atoms. The lowest BCUT2D eigenvalue weighted by molar-refractivity contribution is -0.0117. The molecule has 1 saturated heterocycles. The quantitative estimate of drug-likeness (QED) is 0.909. The maximum Gasteiger partial charge on any atom is 0.138 e. The second-order valence-electron chi connectivity index (χ2n) is 4.50. The fraction of sp³-hybridized carbons (Fsp3) is 0.500. The van der Waals surface area contributed by atoms with Gasteiger partial charge in [0.25, 0.3) is 0 Å². The maximum atomic E-state index is 5.72. The van der Waals surface area contributed by atoms with E-state index in [0.717, 1.165) is 42.3 Å². The molecule has 0 saturated carbocycles. The van der Waals surface area contributed by atoms with E-state index in [1.807, 2.05) is 5.38 Å². The third-order valence-electron chi connectivity index (χ3n) is 3.10. The molecule has 1 atom stereocenters. The molecule has 0 bridgehead atoms. The summed E-state index contributed by atoms with van der Waals surface area (Å²) in [6, 6.07) is 2.05. The van der Waals surface area contributed by atoms with Gasteiger partial charge in [0.15, 0.2) is 0 Å². The molecule has 5 nitrogen and oxygen atoms in total. The maximum absolute atomic E-state index is 5.72. The SMILES string of the molecule is CN1CCO[C@H](CNc2ncnc3sccc23)C1.